The first-order chi connectivity index (χ1) is 8.56. The Hall–Kier alpha value is -1.54. The van der Waals surface area contributed by atoms with Crippen LogP contribution < -0.4 is 5.32 Å². The van der Waals surface area contributed by atoms with E-state index in [9.17, 15) is 4.39 Å². The fourth-order valence-electron chi connectivity index (χ4n) is 1.86. The Morgan fingerprint density at radius 1 is 1.11 bits per heavy atom. The fourth-order valence-corrected chi connectivity index (χ4v) is 1.98. The molecule has 0 amide bonds. The molecule has 0 aliphatic rings. The minimum Gasteiger partial charge on any atom is -0.378 e. The molecule has 0 saturated carbocycles. The molecule has 0 aliphatic heterocycles. The first-order valence-corrected chi connectivity index (χ1v) is 6.22. The average Bonchev–Trinajstić information content (AvgIpc) is 2.33. The molecule has 1 unspecified atom stereocenters. The maximum atomic E-state index is 13.0. The molecule has 18 heavy (non-hydrogen) atoms. The third-order valence-electron chi connectivity index (χ3n) is 2.93. The standard InChI is InChI=1S/C15H15ClFN/c1-10-9-14(17)7-8-15(10)18-11(2)12-3-5-13(16)6-4-12/h3-9,11,18H,1-2H3. The summed E-state index contributed by atoms with van der Waals surface area (Å²) < 4.78 is 13.0. The van der Waals surface area contributed by atoms with Gasteiger partial charge in [-0.15, -0.1) is 0 Å². The first-order valence-electron chi connectivity index (χ1n) is 5.84. The van der Waals surface area contributed by atoms with Crippen LogP contribution in [0.4, 0.5) is 10.1 Å². The van der Waals surface area contributed by atoms with E-state index in [0.29, 0.717) is 0 Å². The predicted octanol–water partition coefficient (Wildman–Crippen LogP) is 4.96. The summed E-state index contributed by atoms with van der Waals surface area (Å²) in [5.41, 5.74) is 2.98. The zero-order valence-corrected chi connectivity index (χ0v) is 11.1. The van der Waals surface area contributed by atoms with Crippen LogP contribution in [-0.2, 0) is 0 Å². The van der Waals surface area contributed by atoms with Gasteiger partial charge in [0.05, 0.1) is 0 Å². The lowest BCUT2D eigenvalue weighted by Gasteiger charge is -2.17. The minimum atomic E-state index is -0.211. The topological polar surface area (TPSA) is 12.0 Å². The second kappa shape index (κ2) is 5.40. The highest BCUT2D eigenvalue weighted by Crippen LogP contribution is 2.23. The molecule has 2 aromatic rings. The van der Waals surface area contributed by atoms with Crippen LogP contribution in [0.25, 0.3) is 0 Å². The smallest absolute Gasteiger partial charge is 0.123 e. The number of aryl methyl sites for hydroxylation is 1. The Bertz CT molecular complexity index is 537. The van der Waals surface area contributed by atoms with Gasteiger partial charge in [-0.05, 0) is 55.3 Å². The average molecular weight is 264 g/mol. The van der Waals surface area contributed by atoms with Gasteiger partial charge in [-0.3, -0.25) is 0 Å². The summed E-state index contributed by atoms with van der Waals surface area (Å²) in [6.07, 6.45) is 0. The van der Waals surface area contributed by atoms with Crippen molar-refractivity contribution in [2.45, 2.75) is 19.9 Å². The van der Waals surface area contributed by atoms with Gasteiger partial charge in [0.1, 0.15) is 5.82 Å². The predicted molar refractivity (Wildman–Crippen MR) is 74.6 cm³/mol. The van der Waals surface area contributed by atoms with E-state index in [1.807, 2.05) is 31.2 Å². The molecule has 0 saturated heterocycles. The molecular weight excluding hydrogens is 249 g/mol. The van der Waals surface area contributed by atoms with Crippen LogP contribution in [0, 0.1) is 12.7 Å². The van der Waals surface area contributed by atoms with Crippen LogP contribution in [0.2, 0.25) is 5.02 Å². The van der Waals surface area contributed by atoms with Crippen LogP contribution >= 0.6 is 11.6 Å². The Morgan fingerprint density at radius 2 is 1.78 bits per heavy atom. The highest BCUT2D eigenvalue weighted by Gasteiger charge is 2.07. The summed E-state index contributed by atoms with van der Waals surface area (Å²) in [5.74, 6) is -0.211. The summed E-state index contributed by atoms with van der Waals surface area (Å²) in [6.45, 7) is 3.95. The van der Waals surface area contributed by atoms with Crippen LogP contribution in [0.1, 0.15) is 24.1 Å². The third kappa shape index (κ3) is 3.02. The third-order valence-corrected chi connectivity index (χ3v) is 3.18. The van der Waals surface area contributed by atoms with Crippen LogP contribution in [0.15, 0.2) is 42.5 Å². The second-order valence-electron chi connectivity index (χ2n) is 4.38. The molecular formula is C15H15ClFN. The SMILES string of the molecule is Cc1cc(F)ccc1NC(C)c1ccc(Cl)cc1. The summed E-state index contributed by atoms with van der Waals surface area (Å²) in [6, 6.07) is 12.6. The first kappa shape index (κ1) is 12.9. The van der Waals surface area contributed by atoms with Crippen LogP contribution in [-0.4, -0.2) is 0 Å². The highest BCUT2D eigenvalue weighted by atomic mass is 35.5. The van der Waals surface area contributed by atoms with Crippen molar-refractivity contribution in [2.75, 3.05) is 5.32 Å². The van der Waals surface area contributed by atoms with E-state index in [1.165, 1.54) is 12.1 Å². The van der Waals surface area contributed by atoms with Crippen molar-refractivity contribution < 1.29 is 4.39 Å². The molecule has 2 rings (SSSR count). The second-order valence-corrected chi connectivity index (χ2v) is 4.81. The van der Waals surface area contributed by atoms with Crippen molar-refractivity contribution in [1.29, 1.82) is 0 Å². The van der Waals surface area contributed by atoms with Gasteiger partial charge in [0.25, 0.3) is 0 Å². The lowest BCUT2D eigenvalue weighted by molar-refractivity contribution is 0.626. The molecule has 1 nitrogen and oxygen atoms in total. The highest BCUT2D eigenvalue weighted by molar-refractivity contribution is 6.30. The normalized spacial score (nSPS) is 12.2. The van der Waals surface area contributed by atoms with Gasteiger partial charge in [-0.1, -0.05) is 23.7 Å². The number of anilines is 1. The number of halogens is 2. The summed E-state index contributed by atoms with van der Waals surface area (Å²) in [4.78, 5) is 0. The van der Waals surface area contributed by atoms with E-state index in [-0.39, 0.29) is 11.9 Å². The van der Waals surface area contributed by atoms with E-state index >= 15 is 0 Å². The molecule has 2 aromatic carbocycles. The largest absolute Gasteiger partial charge is 0.378 e. The molecule has 0 fully saturated rings. The zero-order chi connectivity index (χ0) is 13.1. The van der Waals surface area contributed by atoms with Crippen molar-refractivity contribution in [3.8, 4) is 0 Å². The number of hydrogen-bond acceptors (Lipinski definition) is 1. The van der Waals surface area contributed by atoms with Crippen molar-refractivity contribution in [3.63, 3.8) is 0 Å². The summed E-state index contributed by atoms with van der Waals surface area (Å²) in [5, 5.41) is 4.09. The van der Waals surface area contributed by atoms with E-state index in [4.69, 9.17) is 11.6 Å². The molecule has 3 heteroatoms. The molecule has 0 aromatic heterocycles. The molecule has 0 bridgehead atoms. The molecule has 1 atom stereocenters. The number of rotatable bonds is 3. The lowest BCUT2D eigenvalue weighted by Crippen LogP contribution is -2.07. The van der Waals surface area contributed by atoms with Crippen molar-refractivity contribution in [2.24, 2.45) is 0 Å². The van der Waals surface area contributed by atoms with Gasteiger partial charge in [0.15, 0.2) is 0 Å². The zero-order valence-electron chi connectivity index (χ0n) is 10.4. The van der Waals surface area contributed by atoms with Crippen LogP contribution in [0.5, 0.6) is 0 Å². The van der Waals surface area contributed by atoms with Gasteiger partial charge in [0, 0.05) is 16.8 Å². The van der Waals surface area contributed by atoms with E-state index in [0.717, 1.165) is 21.8 Å². The molecule has 0 spiro atoms. The van der Waals surface area contributed by atoms with Crippen molar-refractivity contribution in [1.82, 2.24) is 0 Å². The molecule has 0 radical (unpaired) electrons. The van der Waals surface area contributed by atoms with Crippen molar-refractivity contribution in [3.05, 3.63) is 64.4 Å². The summed E-state index contributed by atoms with van der Waals surface area (Å²) >= 11 is 5.86. The van der Waals surface area contributed by atoms with E-state index in [2.05, 4.69) is 12.2 Å². The van der Waals surface area contributed by atoms with Gasteiger partial charge >= 0.3 is 0 Å². The number of nitrogens with one attached hydrogen (secondary N) is 1. The van der Waals surface area contributed by atoms with Crippen LogP contribution in [0.3, 0.4) is 0 Å². The Kier molecular flexibility index (Phi) is 3.87. The minimum absolute atomic E-state index is 0.145. The van der Waals surface area contributed by atoms with Crippen molar-refractivity contribution >= 4 is 17.3 Å². The number of benzene rings is 2. The maximum Gasteiger partial charge on any atom is 0.123 e. The quantitative estimate of drug-likeness (QED) is 0.825. The number of hydrogen-bond donors (Lipinski definition) is 1. The Labute approximate surface area is 112 Å². The molecule has 0 aliphatic carbocycles. The summed E-state index contributed by atoms with van der Waals surface area (Å²) in [7, 11) is 0. The van der Waals surface area contributed by atoms with E-state index in [1.54, 1.807) is 6.07 Å². The maximum absolute atomic E-state index is 13.0. The molecule has 0 heterocycles. The Balaban J connectivity index is 2.15. The lowest BCUT2D eigenvalue weighted by atomic mass is 10.1. The van der Waals surface area contributed by atoms with Gasteiger partial charge < -0.3 is 5.32 Å². The Morgan fingerprint density at radius 3 is 2.39 bits per heavy atom. The van der Waals surface area contributed by atoms with E-state index < -0.39 is 0 Å². The monoisotopic (exact) mass is 263 g/mol. The van der Waals surface area contributed by atoms with Gasteiger partial charge in [-0.2, -0.15) is 0 Å². The fraction of sp³-hybridized carbons (Fsp3) is 0.200. The van der Waals surface area contributed by atoms with Gasteiger partial charge in [0.2, 0.25) is 0 Å². The molecule has 94 valence electrons. The molecule has 1 N–H and O–H groups in total. The van der Waals surface area contributed by atoms with Gasteiger partial charge in [-0.25, -0.2) is 4.39 Å².